The van der Waals surface area contributed by atoms with Gasteiger partial charge in [0.1, 0.15) is 5.82 Å². The summed E-state index contributed by atoms with van der Waals surface area (Å²) in [6, 6.07) is 10.9. The second-order valence-corrected chi connectivity index (χ2v) is 8.58. The molecule has 7 heteroatoms. The molecule has 0 aliphatic carbocycles. The molecule has 4 rings (SSSR count). The van der Waals surface area contributed by atoms with Crippen LogP contribution in [0.25, 0.3) is 5.65 Å². The van der Waals surface area contributed by atoms with Gasteiger partial charge in [-0.2, -0.15) is 9.61 Å². The Kier molecular flexibility index (Phi) is 5.58. The van der Waals surface area contributed by atoms with E-state index < -0.39 is 5.60 Å². The van der Waals surface area contributed by atoms with Gasteiger partial charge in [-0.1, -0.05) is 24.3 Å². The van der Waals surface area contributed by atoms with Crippen molar-refractivity contribution in [1.82, 2.24) is 14.6 Å². The average Bonchev–Trinajstić information content (AvgIpc) is 3.21. The van der Waals surface area contributed by atoms with Crippen LogP contribution in [0.5, 0.6) is 0 Å². The summed E-state index contributed by atoms with van der Waals surface area (Å²) in [6.07, 6.45) is 3.93. The fourth-order valence-corrected chi connectivity index (χ4v) is 4.02. The van der Waals surface area contributed by atoms with Crippen molar-refractivity contribution in [2.24, 2.45) is 5.92 Å². The summed E-state index contributed by atoms with van der Waals surface area (Å²) in [7, 11) is 0. The molecule has 0 bridgehead atoms. The number of Topliss-reactive ketones (excluding diaryl/α,β-unsaturated/α-hetero) is 1. The zero-order valence-electron chi connectivity index (χ0n) is 17.5. The number of anilines is 1. The number of hydrogen-bond acceptors (Lipinski definition) is 6. The molecule has 1 unspecified atom stereocenters. The Morgan fingerprint density at radius 3 is 2.70 bits per heavy atom. The first-order chi connectivity index (χ1) is 14.3. The molecule has 2 N–H and O–H groups in total. The summed E-state index contributed by atoms with van der Waals surface area (Å²) in [5.74, 6) is 1.13. The first kappa shape index (κ1) is 20.5. The number of ketones is 1. The Bertz CT molecular complexity index is 1040. The van der Waals surface area contributed by atoms with Crippen LogP contribution < -0.4 is 4.90 Å². The number of carbonyl (C=O) groups excluding carboxylic acids is 1. The summed E-state index contributed by atoms with van der Waals surface area (Å²) < 4.78 is 1.80. The highest BCUT2D eigenvalue weighted by Gasteiger charge is 2.23. The van der Waals surface area contributed by atoms with E-state index in [2.05, 4.69) is 15.0 Å². The first-order valence-corrected chi connectivity index (χ1v) is 10.4. The fourth-order valence-electron chi connectivity index (χ4n) is 4.02. The van der Waals surface area contributed by atoms with Gasteiger partial charge in [-0.05, 0) is 38.2 Å². The lowest BCUT2D eigenvalue weighted by molar-refractivity contribution is 0.0784. The third kappa shape index (κ3) is 4.22. The minimum absolute atomic E-state index is 0.0218. The molecule has 1 atom stereocenters. The Hall–Kier alpha value is -2.77. The molecule has 0 saturated carbocycles. The topological polar surface area (TPSA) is 91.0 Å². The van der Waals surface area contributed by atoms with Gasteiger partial charge >= 0.3 is 0 Å². The summed E-state index contributed by atoms with van der Waals surface area (Å²) in [5.41, 5.74) is 1.83. The van der Waals surface area contributed by atoms with Gasteiger partial charge in [0.05, 0.1) is 23.9 Å². The number of carbonyl (C=O) groups is 1. The quantitative estimate of drug-likeness (QED) is 0.609. The number of nitrogens with zero attached hydrogens (tertiary/aromatic N) is 4. The van der Waals surface area contributed by atoms with E-state index in [0.29, 0.717) is 16.9 Å². The van der Waals surface area contributed by atoms with Crippen molar-refractivity contribution >= 4 is 17.2 Å². The maximum Gasteiger partial charge on any atom is 0.168 e. The van der Waals surface area contributed by atoms with Gasteiger partial charge in [-0.25, -0.2) is 4.98 Å². The predicted molar refractivity (Wildman–Crippen MR) is 115 cm³/mol. The maximum atomic E-state index is 12.9. The van der Waals surface area contributed by atoms with Crippen LogP contribution in [0.3, 0.4) is 0 Å². The van der Waals surface area contributed by atoms with E-state index in [1.54, 1.807) is 48.8 Å². The van der Waals surface area contributed by atoms with E-state index in [0.717, 1.165) is 37.3 Å². The van der Waals surface area contributed by atoms with Crippen LogP contribution in [0.1, 0.15) is 48.3 Å². The molecule has 1 aliphatic rings. The minimum Gasteiger partial charge on any atom is -0.396 e. The number of aliphatic hydroxyl groups excluding tert-OH is 1. The van der Waals surface area contributed by atoms with Gasteiger partial charge in [0.2, 0.25) is 0 Å². The van der Waals surface area contributed by atoms with Crippen LogP contribution in [0.4, 0.5) is 5.82 Å². The van der Waals surface area contributed by atoms with Gasteiger partial charge in [0, 0.05) is 37.4 Å². The van der Waals surface area contributed by atoms with E-state index >= 15 is 0 Å². The Morgan fingerprint density at radius 1 is 1.23 bits per heavy atom. The number of aromatic nitrogens is 3. The van der Waals surface area contributed by atoms with Gasteiger partial charge < -0.3 is 15.1 Å². The Balaban J connectivity index is 1.59. The molecular formula is C23H28N4O3. The normalized spacial score (nSPS) is 17.5. The van der Waals surface area contributed by atoms with Crippen LogP contribution in [-0.2, 0) is 12.0 Å². The molecule has 0 spiro atoms. The molecule has 1 fully saturated rings. The summed E-state index contributed by atoms with van der Waals surface area (Å²) in [4.78, 5) is 19.7. The summed E-state index contributed by atoms with van der Waals surface area (Å²) in [6.45, 7) is 5.27. The zero-order valence-corrected chi connectivity index (χ0v) is 17.5. The van der Waals surface area contributed by atoms with Gasteiger partial charge in [-0.3, -0.25) is 4.79 Å². The standard InChI is InChI=1S/C23H28N4O3/c1-23(2,30)18-7-5-17(6-8-18)20(29)12-19-13-22(27-21(25-19)9-10-24-27)26-11-3-4-16(14-26)15-28/h5-10,13,16,28,30H,3-4,11-12,14-15H2,1-2H3. The van der Waals surface area contributed by atoms with Crippen LogP contribution in [0.15, 0.2) is 42.6 Å². The molecule has 0 radical (unpaired) electrons. The van der Waals surface area contributed by atoms with Crippen molar-refractivity contribution in [1.29, 1.82) is 0 Å². The van der Waals surface area contributed by atoms with Crippen LogP contribution in [0.2, 0.25) is 0 Å². The third-order valence-electron chi connectivity index (χ3n) is 5.75. The van der Waals surface area contributed by atoms with Crippen molar-refractivity contribution in [2.45, 2.75) is 38.7 Å². The van der Waals surface area contributed by atoms with Crippen LogP contribution in [0, 0.1) is 5.92 Å². The second-order valence-electron chi connectivity index (χ2n) is 8.58. The molecule has 3 aromatic rings. The van der Waals surface area contributed by atoms with Gasteiger partial charge in [0.25, 0.3) is 0 Å². The Morgan fingerprint density at radius 2 is 2.00 bits per heavy atom. The summed E-state index contributed by atoms with van der Waals surface area (Å²) >= 11 is 0. The van der Waals surface area contributed by atoms with Crippen molar-refractivity contribution in [3.8, 4) is 0 Å². The second kappa shape index (κ2) is 8.16. The smallest absolute Gasteiger partial charge is 0.168 e. The van der Waals surface area contributed by atoms with Gasteiger partial charge in [0.15, 0.2) is 11.4 Å². The third-order valence-corrected chi connectivity index (χ3v) is 5.75. The monoisotopic (exact) mass is 408 g/mol. The zero-order chi connectivity index (χ0) is 21.3. The molecule has 1 aliphatic heterocycles. The lowest BCUT2D eigenvalue weighted by Gasteiger charge is -2.33. The SMILES string of the molecule is CC(C)(O)c1ccc(C(=O)Cc2cc(N3CCCC(CO)C3)n3nccc3n2)cc1. The maximum absolute atomic E-state index is 12.9. The minimum atomic E-state index is -0.939. The number of aliphatic hydroxyl groups is 2. The van der Waals surface area contributed by atoms with Gasteiger partial charge in [-0.15, -0.1) is 0 Å². The molecule has 30 heavy (non-hydrogen) atoms. The van der Waals surface area contributed by atoms with Crippen molar-refractivity contribution in [2.75, 3.05) is 24.6 Å². The van der Waals surface area contributed by atoms with Crippen LogP contribution >= 0.6 is 0 Å². The lowest BCUT2D eigenvalue weighted by atomic mass is 9.96. The first-order valence-electron chi connectivity index (χ1n) is 10.4. The van der Waals surface area contributed by atoms with E-state index in [1.165, 1.54) is 0 Å². The van der Waals surface area contributed by atoms with E-state index in [9.17, 15) is 15.0 Å². The molecule has 3 heterocycles. The predicted octanol–water partition coefficient (Wildman–Crippen LogP) is 2.59. The van der Waals surface area contributed by atoms with E-state index in [4.69, 9.17) is 0 Å². The lowest BCUT2D eigenvalue weighted by Crippen LogP contribution is -2.38. The molecule has 2 aromatic heterocycles. The number of benzene rings is 1. The van der Waals surface area contributed by atoms with E-state index in [1.807, 2.05) is 12.1 Å². The van der Waals surface area contributed by atoms with Crippen molar-refractivity contribution in [3.05, 3.63) is 59.4 Å². The molecular weight excluding hydrogens is 380 g/mol. The molecule has 158 valence electrons. The fraction of sp³-hybridized carbons (Fsp3) is 0.435. The molecule has 1 saturated heterocycles. The highest BCUT2D eigenvalue weighted by Crippen LogP contribution is 2.25. The average molecular weight is 409 g/mol. The highest BCUT2D eigenvalue weighted by atomic mass is 16.3. The number of hydrogen-bond donors (Lipinski definition) is 2. The molecule has 1 aromatic carbocycles. The number of fused-ring (bicyclic) bond motifs is 1. The van der Waals surface area contributed by atoms with Crippen molar-refractivity contribution < 1.29 is 15.0 Å². The number of rotatable bonds is 6. The van der Waals surface area contributed by atoms with Crippen molar-refractivity contribution in [3.63, 3.8) is 0 Å². The number of piperidine rings is 1. The highest BCUT2D eigenvalue weighted by molar-refractivity contribution is 5.97. The van der Waals surface area contributed by atoms with Crippen LogP contribution in [-0.4, -0.2) is 50.3 Å². The summed E-state index contributed by atoms with van der Waals surface area (Å²) in [5, 5.41) is 24.1. The largest absolute Gasteiger partial charge is 0.396 e. The molecule has 0 amide bonds. The van der Waals surface area contributed by atoms with E-state index in [-0.39, 0.29) is 24.7 Å². The molecule has 7 nitrogen and oxygen atoms in total. The Labute approximate surface area is 176 Å².